The first-order chi connectivity index (χ1) is 9.22. The number of nitrogens with zero attached hydrogens (tertiary/aromatic N) is 1. The van der Waals surface area contributed by atoms with Gasteiger partial charge in [0.25, 0.3) is 4.84 Å². The highest BCUT2D eigenvalue weighted by atomic mass is 32.1. The number of benzene rings is 1. The summed E-state index contributed by atoms with van der Waals surface area (Å²) in [5, 5.41) is 0. The van der Waals surface area contributed by atoms with Gasteiger partial charge in [-0.25, -0.2) is 4.57 Å². The molecule has 0 bridgehead atoms. The molecule has 0 fully saturated rings. The lowest BCUT2D eigenvalue weighted by Gasteiger charge is -2.05. The molecule has 0 unspecified atom stereocenters. The van der Waals surface area contributed by atoms with Crippen LogP contribution in [0.1, 0.15) is 28.9 Å². The minimum absolute atomic E-state index is 0.0513. The molecule has 19 heavy (non-hydrogen) atoms. The van der Waals surface area contributed by atoms with E-state index in [4.69, 9.17) is 16.6 Å². The SMILES string of the molecule is C=CCCC(=O)n1c(Cc2ccccc2)coc1=S. The van der Waals surface area contributed by atoms with Crippen LogP contribution < -0.4 is 0 Å². The standard InChI is InChI=1S/C15H15NO2S/c1-2-3-9-14(17)16-13(11-18-15(16)19)10-12-7-5-4-6-8-12/h2,4-8,11H,1,3,9-10H2. The van der Waals surface area contributed by atoms with Crippen LogP contribution in [0, 0.1) is 4.84 Å². The van der Waals surface area contributed by atoms with Crippen molar-refractivity contribution in [1.82, 2.24) is 4.57 Å². The van der Waals surface area contributed by atoms with E-state index < -0.39 is 0 Å². The Morgan fingerprint density at radius 3 is 2.79 bits per heavy atom. The zero-order valence-electron chi connectivity index (χ0n) is 10.5. The molecule has 0 saturated carbocycles. The fourth-order valence-corrected chi connectivity index (χ4v) is 2.13. The van der Waals surface area contributed by atoms with Crippen LogP contribution in [0.4, 0.5) is 0 Å². The van der Waals surface area contributed by atoms with Crippen LogP contribution >= 0.6 is 12.2 Å². The second kappa shape index (κ2) is 6.29. The van der Waals surface area contributed by atoms with E-state index in [1.54, 1.807) is 12.3 Å². The van der Waals surface area contributed by atoms with Crippen LogP contribution in [-0.4, -0.2) is 10.5 Å². The number of carbonyl (C=O) groups is 1. The smallest absolute Gasteiger partial charge is 0.275 e. The van der Waals surface area contributed by atoms with Gasteiger partial charge in [0.2, 0.25) is 5.91 Å². The van der Waals surface area contributed by atoms with Gasteiger partial charge in [-0.15, -0.1) is 6.58 Å². The molecule has 0 aliphatic heterocycles. The highest BCUT2D eigenvalue weighted by Crippen LogP contribution is 2.13. The van der Waals surface area contributed by atoms with E-state index in [-0.39, 0.29) is 10.7 Å². The molecule has 1 aromatic heterocycles. The average Bonchev–Trinajstić information content (AvgIpc) is 2.78. The third kappa shape index (κ3) is 3.29. The van der Waals surface area contributed by atoms with E-state index in [1.807, 2.05) is 30.3 Å². The largest absolute Gasteiger partial charge is 0.437 e. The molecule has 1 aromatic carbocycles. The van der Waals surface area contributed by atoms with Crippen molar-refractivity contribution in [3.05, 3.63) is 65.3 Å². The predicted molar refractivity (Wildman–Crippen MR) is 76.8 cm³/mol. The Bertz CT molecular complexity index is 625. The number of allylic oxidation sites excluding steroid dienone is 1. The molecule has 3 nitrogen and oxygen atoms in total. The Morgan fingerprint density at radius 1 is 1.37 bits per heavy atom. The number of hydrogen-bond acceptors (Lipinski definition) is 3. The first-order valence-corrected chi connectivity index (χ1v) is 6.50. The first-order valence-electron chi connectivity index (χ1n) is 6.10. The van der Waals surface area contributed by atoms with E-state index in [0.717, 1.165) is 11.3 Å². The van der Waals surface area contributed by atoms with Crippen molar-refractivity contribution in [2.24, 2.45) is 0 Å². The molecule has 2 rings (SSSR count). The monoisotopic (exact) mass is 273 g/mol. The van der Waals surface area contributed by atoms with Crippen LogP contribution in [0.15, 0.2) is 53.7 Å². The maximum absolute atomic E-state index is 12.1. The van der Waals surface area contributed by atoms with Crippen LogP contribution in [-0.2, 0) is 6.42 Å². The summed E-state index contributed by atoms with van der Waals surface area (Å²) in [7, 11) is 0. The van der Waals surface area contributed by atoms with Gasteiger partial charge in [-0.2, -0.15) is 0 Å². The lowest BCUT2D eigenvalue weighted by atomic mass is 10.1. The maximum atomic E-state index is 12.1. The van der Waals surface area contributed by atoms with Crippen molar-refractivity contribution in [2.45, 2.75) is 19.3 Å². The van der Waals surface area contributed by atoms with Crippen molar-refractivity contribution in [3.8, 4) is 0 Å². The van der Waals surface area contributed by atoms with Gasteiger partial charge in [-0.3, -0.25) is 4.79 Å². The number of rotatable bonds is 5. The molecule has 0 aliphatic carbocycles. The van der Waals surface area contributed by atoms with E-state index in [2.05, 4.69) is 6.58 Å². The zero-order valence-corrected chi connectivity index (χ0v) is 11.4. The van der Waals surface area contributed by atoms with Crippen molar-refractivity contribution < 1.29 is 9.21 Å². The maximum Gasteiger partial charge on any atom is 0.275 e. The molecule has 0 atom stereocenters. The third-order valence-corrected chi connectivity index (χ3v) is 3.08. The predicted octanol–water partition coefficient (Wildman–Crippen LogP) is 4.01. The molecular weight excluding hydrogens is 258 g/mol. The zero-order chi connectivity index (χ0) is 13.7. The molecule has 1 heterocycles. The highest BCUT2D eigenvalue weighted by molar-refractivity contribution is 7.71. The first kappa shape index (κ1) is 13.5. The molecule has 0 spiro atoms. The van der Waals surface area contributed by atoms with Crippen molar-refractivity contribution in [1.29, 1.82) is 0 Å². The van der Waals surface area contributed by atoms with Gasteiger partial charge < -0.3 is 4.42 Å². The molecule has 0 N–H and O–H groups in total. The summed E-state index contributed by atoms with van der Waals surface area (Å²) in [6.45, 7) is 3.62. The molecule has 4 heteroatoms. The summed E-state index contributed by atoms with van der Waals surface area (Å²) < 4.78 is 6.68. The Hall–Kier alpha value is -1.94. The number of aromatic nitrogens is 1. The van der Waals surface area contributed by atoms with Crippen LogP contribution in [0.2, 0.25) is 0 Å². The third-order valence-electron chi connectivity index (χ3n) is 2.81. The van der Waals surface area contributed by atoms with E-state index in [9.17, 15) is 4.79 Å². The van der Waals surface area contributed by atoms with E-state index in [0.29, 0.717) is 19.3 Å². The molecule has 0 aliphatic rings. The van der Waals surface area contributed by atoms with Crippen LogP contribution in [0.5, 0.6) is 0 Å². The van der Waals surface area contributed by atoms with Crippen LogP contribution in [0.3, 0.4) is 0 Å². The van der Waals surface area contributed by atoms with Gasteiger partial charge in [0.05, 0.1) is 5.69 Å². The van der Waals surface area contributed by atoms with Crippen molar-refractivity contribution >= 4 is 18.1 Å². The summed E-state index contributed by atoms with van der Waals surface area (Å²) in [6.07, 6.45) is 4.93. The molecule has 2 aromatic rings. The summed E-state index contributed by atoms with van der Waals surface area (Å²) in [6, 6.07) is 9.91. The lowest BCUT2D eigenvalue weighted by Crippen LogP contribution is -2.13. The van der Waals surface area contributed by atoms with Gasteiger partial charge in [0, 0.05) is 12.8 Å². The normalized spacial score (nSPS) is 10.3. The Kier molecular flexibility index (Phi) is 4.47. The Labute approximate surface area is 117 Å². The number of hydrogen-bond donors (Lipinski definition) is 0. The topological polar surface area (TPSA) is 35.1 Å². The Morgan fingerprint density at radius 2 is 2.11 bits per heavy atom. The summed E-state index contributed by atoms with van der Waals surface area (Å²) in [4.78, 5) is 12.3. The van der Waals surface area contributed by atoms with E-state index in [1.165, 1.54) is 4.57 Å². The van der Waals surface area contributed by atoms with Crippen molar-refractivity contribution in [2.75, 3.05) is 0 Å². The summed E-state index contributed by atoms with van der Waals surface area (Å²) in [5.41, 5.74) is 1.90. The van der Waals surface area contributed by atoms with Gasteiger partial charge in [0.1, 0.15) is 6.26 Å². The van der Waals surface area contributed by atoms with E-state index >= 15 is 0 Å². The summed E-state index contributed by atoms with van der Waals surface area (Å²) in [5.74, 6) is -0.0513. The molecule has 0 amide bonds. The second-order valence-corrected chi connectivity index (χ2v) is 4.56. The number of oxazole rings is 1. The number of carbonyl (C=O) groups excluding carboxylic acids is 1. The van der Waals surface area contributed by atoms with Crippen molar-refractivity contribution in [3.63, 3.8) is 0 Å². The molecule has 0 saturated heterocycles. The molecular formula is C15H15NO2S. The highest BCUT2D eigenvalue weighted by Gasteiger charge is 2.13. The quantitative estimate of drug-likeness (QED) is 0.610. The lowest BCUT2D eigenvalue weighted by molar-refractivity contribution is 0.0896. The minimum atomic E-state index is -0.0513. The molecule has 0 radical (unpaired) electrons. The molecule has 98 valence electrons. The van der Waals surface area contributed by atoms with Gasteiger partial charge in [-0.1, -0.05) is 36.4 Å². The fourth-order valence-electron chi connectivity index (χ4n) is 1.87. The fraction of sp³-hybridized carbons (Fsp3) is 0.200. The Balaban J connectivity index is 2.25. The summed E-state index contributed by atoms with van der Waals surface area (Å²) >= 11 is 5.07. The minimum Gasteiger partial charge on any atom is -0.437 e. The van der Waals surface area contributed by atoms with Gasteiger partial charge in [0.15, 0.2) is 0 Å². The van der Waals surface area contributed by atoms with Gasteiger partial charge >= 0.3 is 0 Å². The second-order valence-electron chi connectivity index (χ2n) is 4.21. The van der Waals surface area contributed by atoms with Gasteiger partial charge in [-0.05, 0) is 24.2 Å². The van der Waals surface area contributed by atoms with Crippen LogP contribution in [0.25, 0.3) is 0 Å². The average molecular weight is 273 g/mol.